The molecule has 0 aliphatic carbocycles. The molecule has 2 heterocycles. The highest BCUT2D eigenvalue weighted by molar-refractivity contribution is 6.33. The predicted molar refractivity (Wildman–Crippen MR) is 145 cm³/mol. The van der Waals surface area contributed by atoms with Crippen LogP contribution in [0.25, 0.3) is 16.9 Å². The minimum Gasteiger partial charge on any atom is -0.352 e. The molecule has 4 N–H and O–H groups in total. The molecule has 0 aliphatic heterocycles. The molecule has 0 aliphatic rings. The summed E-state index contributed by atoms with van der Waals surface area (Å²) in [4.78, 5) is 21.4. The molecule has 0 radical (unpaired) electrons. The second kappa shape index (κ2) is 12.5. The Morgan fingerprint density at radius 2 is 1.97 bits per heavy atom. The van der Waals surface area contributed by atoms with Crippen molar-refractivity contribution in [2.24, 2.45) is 5.73 Å². The van der Waals surface area contributed by atoms with Gasteiger partial charge in [0.1, 0.15) is 5.82 Å². The molecule has 0 spiro atoms. The molecule has 0 fully saturated rings. The second-order valence-electron chi connectivity index (χ2n) is 7.92. The van der Waals surface area contributed by atoms with E-state index in [1.165, 1.54) is 0 Å². The van der Waals surface area contributed by atoms with Crippen LogP contribution in [0, 0.1) is 12.7 Å². The van der Waals surface area contributed by atoms with E-state index in [-0.39, 0.29) is 10.9 Å². The van der Waals surface area contributed by atoms with E-state index in [1.807, 2.05) is 37.3 Å². The van der Waals surface area contributed by atoms with Gasteiger partial charge < -0.3 is 16.4 Å². The van der Waals surface area contributed by atoms with Gasteiger partial charge in [0.25, 0.3) is 5.91 Å². The molecule has 1 amide bonds. The smallest absolute Gasteiger partial charge is 0.251 e. The normalized spacial score (nSPS) is 10.6. The largest absolute Gasteiger partial charge is 0.352 e. The van der Waals surface area contributed by atoms with Crippen molar-refractivity contribution in [1.29, 1.82) is 0 Å². The van der Waals surface area contributed by atoms with Crippen LogP contribution in [0.5, 0.6) is 0 Å². The molecule has 0 unspecified atom stereocenters. The highest BCUT2D eigenvalue weighted by atomic mass is 35.5. The number of aryl methyl sites for hydroxylation is 2. The van der Waals surface area contributed by atoms with Crippen molar-refractivity contribution in [3.63, 3.8) is 0 Å². The van der Waals surface area contributed by atoms with Gasteiger partial charge in [0, 0.05) is 35.8 Å². The summed E-state index contributed by atoms with van der Waals surface area (Å²) < 4.78 is 16.2. The van der Waals surface area contributed by atoms with Crippen molar-refractivity contribution in [1.82, 2.24) is 19.7 Å². The Kier molecular flexibility index (Phi) is 9.38. The molecule has 0 saturated heterocycles. The molecule has 2 aromatic carbocycles. The van der Waals surface area contributed by atoms with E-state index in [2.05, 4.69) is 20.6 Å². The van der Waals surface area contributed by atoms with Crippen molar-refractivity contribution in [3.8, 4) is 11.3 Å². The summed E-state index contributed by atoms with van der Waals surface area (Å²) in [6.45, 7) is 8.75. The lowest BCUT2D eigenvalue weighted by molar-refractivity contribution is 0.0952. The van der Waals surface area contributed by atoms with E-state index in [0.717, 1.165) is 17.7 Å². The highest BCUT2D eigenvalue weighted by Gasteiger charge is 2.17. The monoisotopic (exact) mass is 510 g/mol. The maximum Gasteiger partial charge on any atom is 0.251 e. The lowest BCUT2D eigenvalue weighted by Crippen LogP contribution is -2.26. The van der Waals surface area contributed by atoms with Crippen LogP contribution in [0.2, 0.25) is 5.02 Å². The van der Waals surface area contributed by atoms with Crippen LogP contribution < -0.4 is 16.4 Å². The van der Waals surface area contributed by atoms with Gasteiger partial charge in [-0.15, -0.1) is 0 Å². The number of hydrogen-bond acceptors (Lipinski definition) is 5. The predicted octanol–water partition coefficient (Wildman–Crippen LogP) is 5.91. The van der Waals surface area contributed by atoms with E-state index >= 15 is 0 Å². The lowest BCUT2D eigenvalue weighted by Gasteiger charge is -2.13. The molecule has 0 saturated carbocycles. The number of hydrogen-bond donors (Lipinski definition) is 3. The number of carbonyl (C=O) groups is 1. The number of benzene rings is 2. The average molecular weight is 511 g/mol. The Morgan fingerprint density at radius 1 is 1.19 bits per heavy atom. The van der Waals surface area contributed by atoms with Gasteiger partial charge in [0.2, 0.25) is 0 Å². The van der Waals surface area contributed by atoms with Crippen LogP contribution in [0.15, 0.2) is 48.9 Å². The molecular formula is C27H32ClFN6O. The zero-order chi connectivity index (χ0) is 26.2. The van der Waals surface area contributed by atoms with Crippen LogP contribution in [-0.2, 0) is 6.42 Å². The number of amides is 1. The minimum atomic E-state index is -0.444. The molecule has 9 heteroatoms. The third-order valence-electron chi connectivity index (χ3n) is 5.64. The topological polar surface area (TPSA) is 97.3 Å². The summed E-state index contributed by atoms with van der Waals surface area (Å²) in [7, 11) is 0. The quantitative estimate of drug-likeness (QED) is 0.256. The number of aromatic nitrogens is 3. The molecular weight excluding hydrogens is 479 g/mol. The maximum atomic E-state index is 14.4. The van der Waals surface area contributed by atoms with E-state index in [0.29, 0.717) is 53.4 Å². The first-order valence-electron chi connectivity index (χ1n) is 12.1. The number of anilines is 2. The van der Waals surface area contributed by atoms with Crippen LogP contribution in [0.1, 0.15) is 48.7 Å². The van der Waals surface area contributed by atoms with E-state index in [1.54, 1.807) is 43.7 Å². The zero-order valence-corrected chi connectivity index (χ0v) is 21.8. The fourth-order valence-electron chi connectivity index (χ4n) is 3.77. The summed E-state index contributed by atoms with van der Waals surface area (Å²) in [5.74, 6) is -0.0300. The van der Waals surface area contributed by atoms with Crippen molar-refractivity contribution in [2.45, 2.75) is 40.5 Å². The zero-order valence-electron chi connectivity index (χ0n) is 21.0. The van der Waals surface area contributed by atoms with Gasteiger partial charge >= 0.3 is 0 Å². The van der Waals surface area contributed by atoms with Crippen LogP contribution in [0.3, 0.4) is 0 Å². The molecule has 7 nitrogen and oxygen atoms in total. The Hall–Kier alpha value is -3.49. The fourth-order valence-corrected chi connectivity index (χ4v) is 4.08. The van der Waals surface area contributed by atoms with Gasteiger partial charge in [-0.25, -0.2) is 14.4 Å². The first-order chi connectivity index (χ1) is 17.4. The van der Waals surface area contributed by atoms with Crippen molar-refractivity contribution in [3.05, 3.63) is 76.5 Å². The molecule has 4 aromatic rings. The maximum absolute atomic E-state index is 14.4. The first-order valence-corrected chi connectivity index (χ1v) is 12.5. The number of nitrogens with zero attached hydrogens (tertiary/aromatic N) is 3. The molecule has 2 aromatic heterocycles. The molecule has 190 valence electrons. The number of halogens is 2. The standard InChI is InChI=1S/C25H26ClFN6O.C2H6/c1-3-16-13-17(6-8-18(16)25(34)30-10-4-9-28)32-23-24-31-14-20(33(24)12-11-29-23)19-7-5-15(2)22(27)21(19)26;1-2/h5-8,11-14H,3-4,9-10,28H2,1-2H3,(H,29,32)(H,30,34);1-2H3. The van der Waals surface area contributed by atoms with Gasteiger partial charge in [0.15, 0.2) is 11.5 Å². The molecule has 36 heavy (non-hydrogen) atoms. The van der Waals surface area contributed by atoms with Gasteiger partial charge in [0.05, 0.1) is 16.9 Å². The molecule has 0 atom stereocenters. The van der Waals surface area contributed by atoms with E-state index in [9.17, 15) is 9.18 Å². The van der Waals surface area contributed by atoms with Gasteiger partial charge in [-0.05, 0) is 55.6 Å². The Balaban J connectivity index is 0.00000176. The minimum absolute atomic E-state index is 0.0565. The second-order valence-corrected chi connectivity index (χ2v) is 8.30. The number of imidazole rings is 1. The summed E-state index contributed by atoms with van der Waals surface area (Å²) in [5, 5.41) is 6.24. The van der Waals surface area contributed by atoms with E-state index < -0.39 is 5.82 Å². The van der Waals surface area contributed by atoms with E-state index in [4.69, 9.17) is 17.3 Å². The fraction of sp³-hybridized carbons (Fsp3) is 0.296. The third-order valence-corrected chi connectivity index (χ3v) is 6.01. The summed E-state index contributed by atoms with van der Waals surface area (Å²) in [6, 6.07) is 9.03. The summed E-state index contributed by atoms with van der Waals surface area (Å²) >= 11 is 6.29. The molecule has 4 rings (SSSR count). The number of rotatable bonds is 8. The van der Waals surface area contributed by atoms with Crippen LogP contribution in [-0.4, -0.2) is 33.4 Å². The number of nitrogens with two attached hydrogens (primary N) is 1. The van der Waals surface area contributed by atoms with Gasteiger partial charge in [-0.1, -0.05) is 44.5 Å². The Labute approximate surface area is 215 Å². The van der Waals surface area contributed by atoms with Crippen molar-refractivity contribution >= 4 is 34.7 Å². The average Bonchev–Trinajstić information content (AvgIpc) is 3.33. The third kappa shape index (κ3) is 5.66. The SMILES string of the molecule is CC.CCc1cc(Nc2nccn3c(-c4ccc(C)c(F)c4Cl)cnc23)ccc1C(=O)NCCCN. The lowest BCUT2D eigenvalue weighted by atomic mass is 10.0. The Bertz CT molecular complexity index is 1350. The number of carbonyl (C=O) groups excluding carboxylic acids is 1. The first kappa shape index (κ1) is 27.1. The highest BCUT2D eigenvalue weighted by Crippen LogP contribution is 2.33. The van der Waals surface area contributed by atoms with Gasteiger partial charge in [-0.2, -0.15) is 0 Å². The number of nitrogens with one attached hydrogen (secondary N) is 2. The number of fused-ring (bicyclic) bond motifs is 1. The molecule has 0 bridgehead atoms. The van der Waals surface area contributed by atoms with Crippen molar-refractivity contribution < 1.29 is 9.18 Å². The Morgan fingerprint density at radius 3 is 2.69 bits per heavy atom. The van der Waals surface area contributed by atoms with Gasteiger partial charge in [-0.3, -0.25) is 9.20 Å². The van der Waals surface area contributed by atoms with Crippen LogP contribution in [0.4, 0.5) is 15.9 Å². The van der Waals surface area contributed by atoms with Crippen molar-refractivity contribution in [2.75, 3.05) is 18.4 Å². The summed E-state index contributed by atoms with van der Waals surface area (Å²) in [5.41, 5.74) is 10.1. The van der Waals surface area contributed by atoms with Crippen LogP contribution >= 0.6 is 11.6 Å². The summed E-state index contributed by atoms with van der Waals surface area (Å²) in [6.07, 6.45) is 6.46.